The van der Waals surface area contributed by atoms with Crippen LogP contribution in [0.2, 0.25) is 0 Å². The Hall–Kier alpha value is -0.870. The van der Waals surface area contributed by atoms with Crippen LogP contribution in [0.5, 0.6) is 0 Å². The molecule has 0 aliphatic rings. The van der Waals surface area contributed by atoms with Crippen LogP contribution in [-0.2, 0) is 4.79 Å². The van der Waals surface area contributed by atoms with Crippen molar-refractivity contribution in [2.45, 2.75) is 71.9 Å². The van der Waals surface area contributed by atoms with E-state index in [2.05, 4.69) is 19.9 Å². The van der Waals surface area contributed by atoms with Gasteiger partial charge in [-0.15, -0.1) is 0 Å². The minimum absolute atomic E-state index is 0.421. The van der Waals surface area contributed by atoms with Gasteiger partial charge in [0.25, 0.3) is 0 Å². The monoisotopic (exact) mass is 300 g/mol. The third-order valence-corrected chi connectivity index (χ3v) is 4.24. The maximum Gasteiger partial charge on any atom is 0.362 e. The average Bonchev–Trinajstić information content (AvgIpc) is 2.43. The van der Waals surface area contributed by atoms with E-state index in [1.54, 1.807) is 6.92 Å². The maximum atomic E-state index is 11.5. The van der Waals surface area contributed by atoms with Gasteiger partial charge in [-0.2, -0.15) is 0 Å². The van der Waals surface area contributed by atoms with Crippen molar-refractivity contribution in [1.29, 1.82) is 0 Å². The first-order valence-electron chi connectivity index (χ1n) is 8.31. The zero-order chi connectivity index (χ0) is 16.3. The van der Waals surface area contributed by atoms with E-state index in [-0.39, 0.29) is 0 Å². The Bertz CT molecular complexity index is 309. The van der Waals surface area contributed by atoms with Crippen molar-refractivity contribution in [2.75, 3.05) is 19.6 Å². The second-order valence-corrected chi connectivity index (χ2v) is 6.02. The Balaban J connectivity index is 4.81. The molecule has 4 heteroatoms. The quantitative estimate of drug-likeness (QED) is 0.330. The fourth-order valence-electron chi connectivity index (χ4n) is 3.11. The number of carboxylic acids is 1. The Labute approximate surface area is 130 Å². The maximum absolute atomic E-state index is 11.5. The first-order valence-corrected chi connectivity index (χ1v) is 8.31. The van der Waals surface area contributed by atoms with Crippen LogP contribution in [-0.4, -0.2) is 52.4 Å². The molecular weight excluding hydrogens is 266 g/mol. The summed E-state index contributed by atoms with van der Waals surface area (Å²) >= 11 is 0. The van der Waals surface area contributed by atoms with Gasteiger partial charge in [0.05, 0.1) is 13.1 Å². The minimum atomic E-state index is -0.766. The van der Waals surface area contributed by atoms with Crippen LogP contribution in [0.25, 0.3) is 0 Å². The molecule has 21 heavy (non-hydrogen) atoms. The summed E-state index contributed by atoms with van der Waals surface area (Å²) in [4.78, 5) is 11.5. The lowest BCUT2D eigenvalue weighted by Crippen LogP contribution is -2.61. The van der Waals surface area contributed by atoms with Gasteiger partial charge in [-0.1, -0.05) is 26.0 Å². The van der Waals surface area contributed by atoms with E-state index in [4.69, 9.17) is 0 Å². The fraction of sp³-hybridized carbons (Fsp3) is 0.824. The average molecular weight is 300 g/mol. The lowest BCUT2D eigenvalue weighted by Gasteiger charge is -2.43. The van der Waals surface area contributed by atoms with Crippen molar-refractivity contribution >= 4 is 5.97 Å². The van der Waals surface area contributed by atoms with Crippen molar-refractivity contribution in [1.82, 2.24) is 0 Å². The summed E-state index contributed by atoms with van der Waals surface area (Å²) in [5.74, 6) is -0.766. The van der Waals surface area contributed by atoms with Crippen LogP contribution in [0.4, 0.5) is 0 Å². The molecule has 0 aromatic carbocycles. The van der Waals surface area contributed by atoms with Crippen LogP contribution in [0, 0.1) is 0 Å². The minimum Gasteiger partial charge on any atom is -0.477 e. The van der Waals surface area contributed by atoms with E-state index in [0.717, 1.165) is 45.2 Å². The highest BCUT2D eigenvalue weighted by Crippen LogP contribution is 2.20. The highest BCUT2D eigenvalue weighted by atomic mass is 16.4. The molecule has 0 aliphatic carbocycles. The zero-order valence-electron chi connectivity index (χ0n) is 14.2. The molecule has 124 valence electrons. The second-order valence-electron chi connectivity index (χ2n) is 6.02. The van der Waals surface area contributed by atoms with Crippen molar-refractivity contribution < 1.29 is 19.5 Å². The van der Waals surface area contributed by atoms with Crippen molar-refractivity contribution in [2.24, 2.45) is 0 Å². The second kappa shape index (κ2) is 10.8. The first kappa shape index (κ1) is 20.1. The third kappa shape index (κ3) is 7.09. The smallest absolute Gasteiger partial charge is 0.362 e. The lowest BCUT2D eigenvalue weighted by atomic mass is 10.1. The number of aliphatic hydroxyl groups is 1. The predicted octanol–water partition coefficient (Wildman–Crippen LogP) is 3.20. The Morgan fingerprint density at radius 1 is 1.24 bits per heavy atom. The number of nitrogens with zero attached hydrogens (tertiary/aromatic N) is 1. The number of carboxylic acid groups (broad SMARTS) is 1. The summed E-state index contributed by atoms with van der Waals surface area (Å²) < 4.78 is 0.493. The predicted molar refractivity (Wildman–Crippen MR) is 87.2 cm³/mol. The molecule has 0 spiro atoms. The Kier molecular flexibility index (Phi) is 10.4. The number of carbonyl (C=O) groups is 1. The first-order chi connectivity index (χ1) is 9.93. The van der Waals surface area contributed by atoms with Crippen LogP contribution >= 0.6 is 0 Å². The van der Waals surface area contributed by atoms with E-state index in [0.29, 0.717) is 11.0 Å². The number of aliphatic carboxylic acids is 1. The summed E-state index contributed by atoms with van der Waals surface area (Å²) in [7, 11) is 0. The molecule has 0 heterocycles. The molecule has 0 saturated carbocycles. The molecule has 0 amide bonds. The van der Waals surface area contributed by atoms with E-state index >= 15 is 0 Å². The van der Waals surface area contributed by atoms with Crippen molar-refractivity contribution in [3.8, 4) is 0 Å². The van der Waals surface area contributed by atoms with E-state index in [1.807, 2.05) is 13.0 Å². The standard InChI is InChI=1S/C17H33NO3/c1-5-8-9-10-11-16(19)14-18(12-6-2,13-7-3)15(4)17(20)21/h5,8,15-16,19H,6-7,9-14H2,1-4H3/p+1/b8-5+. The highest BCUT2D eigenvalue weighted by Gasteiger charge is 2.38. The molecule has 0 aliphatic heterocycles. The number of allylic oxidation sites excluding steroid dienone is 2. The molecule has 0 saturated heterocycles. The number of unbranched alkanes of at least 4 members (excludes halogenated alkanes) is 1. The van der Waals surface area contributed by atoms with Gasteiger partial charge in [0.15, 0.2) is 6.04 Å². The van der Waals surface area contributed by atoms with E-state index in [9.17, 15) is 15.0 Å². The van der Waals surface area contributed by atoms with Gasteiger partial charge in [-0.3, -0.25) is 0 Å². The molecule has 0 bridgehead atoms. The molecule has 4 nitrogen and oxygen atoms in total. The molecule has 0 aromatic heterocycles. The van der Waals surface area contributed by atoms with Crippen molar-refractivity contribution in [3.05, 3.63) is 12.2 Å². The number of rotatable bonds is 12. The number of hydrogen-bond acceptors (Lipinski definition) is 2. The van der Waals surface area contributed by atoms with Gasteiger partial charge >= 0.3 is 5.97 Å². The lowest BCUT2D eigenvalue weighted by molar-refractivity contribution is -0.944. The third-order valence-electron chi connectivity index (χ3n) is 4.24. The van der Waals surface area contributed by atoms with Crippen LogP contribution in [0.15, 0.2) is 12.2 Å². The van der Waals surface area contributed by atoms with Gasteiger partial charge in [-0.05, 0) is 46.0 Å². The topological polar surface area (TPSA) is 57.5 Å². The molecule has 0 fully saturated rings. The summed E-state index contributed by atoms with van der Waals surface area (Å²) in [6, 6.07) is -0.463. The molecule has 2 unspecified atom stereocenters. The SMILES string of the molecule is C/C=C/CCCC(O)C[N+](CCC)(CCC)C(C)C(=O)O. The van der Waals surface area contributed by atoms with E-state index in [1.165, 1.54) is 0 Å². The molecule has 2 atom stereocenters. The van der Waals surface area contributed by atoms with Gasteiger partial charge in [0, 0.05) is 0 Å². The van der Waals surface area contributed by atoms with Gasteiger partial charge in [0.1, 0.15) is 12.6 Å². The van der Waals surface area contributed by atoms with Crippen LogP contribution in [0.1, 0.15) is 59.8 Å². The Morgan fingerprint density at radius 2 is 1.81 bits per heavy atom. The number of aliphatic hydroxyl groups excluding tert-OH is 1. The fourth-order valence-corrected chi connectivity index (χ4v) is 3.11. The zero-order valence-corrected chi connectivity index (χ0v) is 14.2. The number of hydrogen-bond donors (Lipinski definition) is 2. The van der Waals surface area contributed by atoms with E-state index < -0.39 is 18.1 Å². The van der Waals surface area contributed by atoms with Gasteiger partial charge in [-0.25, -0.2) is 4.79 Å². The molecule has 0 rings (SSSR count). The summed E-state index contributed by atoms with van der Waals surface area (Å²) in [5, 5.41) is 19.8. The largest absolute Gasteiger partial charge is 0.477 e. The molecule has 0 aromatic rings. The molecule has 2 N–H and O–H groups in total. The summed E-state index contributed by atoms with van der Waals surface area (Å²) in [6.45, 7) is 10.1. The van der Waals surface area contributed by atoms with Gasteiger partial charge < -0.3 is 14.7 Å². The molecule has 0 radical (unpaired) electrons. The molecular formula is C17H34NO3+. The van der Waals surface area contributed by atoms with Crippen LogP contribution < -0.4 is 0 Å². The highest BCUT2D eigenvalue weighted by molar-refractivity contribution is 5.71. The number of quaternary nitrogens is 1. The normalized spacial score (nSPS) is 15.3. The Morgan fingerprint density at radius 3 is 2.24 bits per heavy atom. The summed E-state index contributed by atoms with van der Waals surface area (Å²) in [5.41, 5.74) is 0. The van der Waals surface area contributed by atoms with Crippen LogP contribution in [0.3, 0.4) is 0 Å². The summed E-state index contributed by atoms with van der Waals surface area (Å²) in [6.07, 6.45) is 8.24. The van der Waals surface area contributed by atoms with Crippen molar-refractivity contribution in [3.63, 3.8) is 0 Å². The van der Waals surface area contributed by atoms with Gasteiger partial charge in [0.2, 0.25) is 0 Å².